The Kier molecular flexibility index (Phi) is 7.82. The van der Waals surface area contributed by atoms with E-state index < -0.39 is 17.9 Å². The van der Waals surface area contributed by atoms with Gasteiger partial charge in [-0.15, -0.1) is 5.10 Å². The van der Waals surface area contributed by atoms with Crippen LogP contribution in [-0.4, -0.2) is 38.1 Å². The molecule has 1 atom stereocenters. The summed E-state index contributed by atoms with van der Waals surface area (Å²) in [7, 11) is 0. The molecule has 2 amide bonds. The number of tetrazole rings is 1. The third-order valence-electron chi connectivity index (χ3n) is 5.34. The standard InChI is InChI=1S/C26H22ClFN6O2/c1-17-13-21(9-10-22(17)28)30-26(36)23(14-18-5-3-2-4-6-18)31-25(35)12-7-19-15-20(27)8-11-24(19)34-16-29-32-33-34/h2-13,15-16,23H,14H2,1H3,(H,30,36)(H,31,35)/t23-/m0/s1. The predicted molar refractivity (Wildman–Crippen MR) is 135 cm³/mol. The number of anilines is 1. The number of carbonyl (C=O) groups is 2. The van der Waals surface area contributed by atoms with Crippen LogP contribution < -0.4 is 10.6 Å². The average Bonchev–Trinajstić information content (AvgIpc) is 3.40. The van der Waals surface area contributed by atoms with Crippen molar-refractivity contribution in [3.63, 3.8) is 0 Å². The third-order valence-corrected chi connectivity index (χ3v) is 5.58. The van der Waals surface area contributed by atoms with Crippen LogP contribution in [0.15, 0.2) is 79.1 Å². The SMILES string of the molecule is Cc1cc(NC(=O)[C@H](Cc2ccccc2)NC(=O)C=Cc2cc(Cl)ccc2-n2cnnn2)ccc1F. The molecular formula is C26H22ClFN6O2. The van der Waals surface area contributed by atoms with Crippen molar-refractivity contribution < 1.29 is 14.0 Å². The minimum Gasteiger partial charge on any atom is -0.340 e. The molecule has 4 aromatic rings. The molecule has 0 saturated heterocycles. The summed E-state index contributed by atoms with van der Waals surface area (Å²) >= 11 is 6.14. The number of aryl methyl sites for hydroxylation is 1. The van der Waals surface area contributed by atoms with Gasteiger partial charge in [-0.25, -0.2) is 4.39 Å². The molecule has 0 aliphatic rings. The van der Waals surface area contributed by atoms with Crippen molar-refractivity contribution in [1.82, 2.24) is 25.5 Å². The minimum absolute atomic E-state index is 0.263. The Morgan fingerprint density at radius 3 is 2.64 bits per heavy atom. The minimum atomic E-state index is -0.881. The van der Waals surface area contributed by atoms with E-state index in [4.69, 9.17) is 11.6 Å². The van der Waals surface area contributed by atoms with Gasteiger partial charge < -0.3 is 10.6 Å². The maximum atomic E-state index is 13.6. The van der Waals surface area contributed by atoms with E-state index in [0.717, 1.165) is 5.56 Å². The van der Waals surface area contributed by atoms with E-state index in [2.05, 4.69) is 26.2 Å². The second-order valence-electron chi connectivity index (χ2n) is 7.99. The van der Waals surface area contributed by atoms with E-state index >= 15 is 0 Å². The first-order valence-corrected chi connectivity index (χ1v) is 11.4. The molecule has 0 aliphatic carbocycles. The van der Waals surface area contributed by atoms with Crippen LogP contribution in [0, 0.1) is 12.7 Å². The molecule has 4 rings (SSSR count). The second-order valence-corrected chi connectivity index (χ2v) is 8.43. The number of hydrogen-bond acceptors (Lipinski definition) is 5. The molecule has 10 heteroatoms. The summed E-state index contributed by atoms with van der Waals surface area (Å²) in [6.45, 7) is 1.61. The molecule has 36 heavy (non-hydrogen) atoms. The van der Waals surface area contributed by atoms with Gasteiger partial charge in [0, 0.05) is 28.8 Å². The highest BCUT2D eigenvalue weighted by atomic mass is 35.5. The van der Waals surface area contributed by atoms with Crippen molar-refractivity contribution in [2.24, 2.45) is 0 Å². The van der Waals surface area contributed by atoms with Crippen molar-refractivity contribution >= 4 is 35.2 Å². The van der Waals surface area contributed by atoms with Crippen molar-refractivity contribution in [2.75, 3.05) is 5.32 Å². The lowest BCUT2D eigenvalue weighted by Crippen LogP contribution is -2.44. The first-order chi connectivity index (χ1) is 17.4. The fraction of sp³-hybridized carbons (Fsp3) is 0.115. The number of hydrogen-bond donors (Lipinski definition) is 2. The summed E-state index contributed by atoms with van der Waals surface area (Å²) in [5.74, 6) is -1.28. The zero-order valence-electron chi connectivity index (χ0n) is 19.2. The molecule has 182 valence electrons. The summed E-state index contributed by atoms with van der Waals surface area (Å²) in [4.78, 5) is 25.9. The average molecular weight is 505 g/mol. The maximum Gasteiger partial charge on any atom is 0.247 e. The predicted octanol–water partition coefficient (Wildman–Crippen LogP) is 4.14. The summed E-state index contributed by atoms with van der Waals surface area (Å²) in [6, 6.07) is 17.8. The fourth-order valence-electron chi connectivity index (χ4n) is 3.54. The van der Waals surface area contributed by atoms with Gasteiger partial charge in [0.05, 0.1) is 5.69 Å². The van der Waals surface area contributed by atoms with Crippen LogP contribution in [0.4, 0.5) is 10.1 Å². The van der Waals surface area contributed by atoms with Gasteiger partial charge >= 0.3 is 0 Å². The first-order valence-electron chi connectivity index (χ1n) is 11.0. The van der Waals surface area contributed by atoms with Gasteiger partial charge in [0.25, 0.3) is 0 Å². The Bertz CT molecular complexity index is 1390. The molecule has 0 fully saturated rings. The molecular weight excluding hydrogens is 483 g/mol. The molecule has 2 N–H and O–H groups in total. The lowest BCUT2D eigenvalue weighted by atomic mass is 10.0. The zero-order valence-corrected chi connectivity index (χ0v) is 20.0. The number of benzene rings is 3. The van der Waals surface area contributed by atoms with Gasteiger partial charge in [0.1, 0.15) is 18.2 Å². The molecule has 0 unspecified atom stereocenters. The van der Waals surface area contributed by atoms with Crippen LogP contribution in [0.2, 0.25) is 5.02 Å². The van der Waals surface area contributed by atoms with E-state index in [1.54, 1.807) is 31.2 Å². The Morgan fingerprint density at radius 1 is 1.11 bits per heavy atom. The Morgan fingerprint density at radius 2 is 1.92 bits per heavy atom. The number of halogens is 2. The summed E-state index contributed by atoms with van der Waals surface area (Å²) in [5.41, 5.74) is 2.94. The van der Waals surface area contributed by atoms with E-state index in [9.17, 15) is 14.0 Å². The largest absolute Gasteiger partial charge is 0.340 e. The van der Waals surface area contributed by atoms with E-state index in [1.807, 2.05) is 30.3 Å². The fourth-order valence-corrected chi connectivity index (χ4v) is 3.72. The molecule has 3 aromatic carbocycles. The van der Waals surface area contributed by atoms with Gasteiger partial charge in [-0.2, -0.15) is 4.68 Å². The summed E-state index contributed by atoms with van der Waals surface area (Å²) in [5, 5.41) is 17.1. The Balaban J connectivity index is 1.53. The van der Waals surface area contributed by atoms with Crippen molar-refractivity contribution in [3.8, 4) is 5.69 Å². The van der Waals surface area contributed by atoms with Crippen LogP contribution in [0.5, 0.6) is 0 Å². The summed E-state index contributed by atoms with van der Waals surface area (Å²) < 4.78 is 15.1. The quantitative estimate of drug-likeness (QED) is 0.351. The van der Waals surface area contributed by atoms with Gasteiger partial charge in [0.2, 0.25) is 11.8 Å². The zero-order chi connectivity index (χ0) is 25.5. The third kappa shape index (κ3) is 6.39. The smallest absolute Gasteiger partial charge is 0.247 e. The summed E-state index contributed by atoms with van der Waals surface area (Å²) in [6.07, 6.45) is 4.57. The molecule has 0 bridgehead atoms. The van der Waals surface area contributed by atoms with Gasteiger partial charge in [0.15, 0.2) is 0 Å². The number of nitrogens with zero attached hydrogens (tertiary/aromatic N) is 4. The van der Waals surface area contributed by atoms with E-state index in [0.29, 0.717) is 27.5 Å². The van der Waals surface area contributed by atoms with Gasteiger partial charge in [-0.3, -0.25) is 9.59 Å². The highest BCUT2D eigenvalue weighted by Crippen LogP contribution is 2.20. The highest BCUT2D eigenvalue weighted by Gasteiger charge is 2.21. The van der Waals surface area contributed by atoms with Crippen molar-refractivity contribution in [3.05, 3.63) is 107 Å². The van der Waals surface area contributed by atoms with Crippen LogP contribution in [0.25, 0.3) is 11.8 Å². The molecule has 0 radical (unpaired) electrons. The Hall–Kier alpha value is -4.37. The maximum absolute atomic E-state index is 13.6. The number of aromatic nitrogens is 4. The monoisotopic (exact) mass is 504 g/mol. The van der Waals surface area contributed by atoms with Crippen LogP contribution in [-0.2, 0) is 16.0 Å². The van der Waals surface area contributed by atoms with E-state index in [-0.39, 0.29) is 12.2 Å². The topological polar surface area (TPSA) is 102 Å². The van der Waals surface area contributed by atoms with Crippen LogP contribution in [0.1, 0.15) is 16.7 Å². The van der Waals surface area contributed by atoms with Crippen molar-refractivity contribution in [1.29, 1.82) is 0 Å². The van der Waals surface area contributed by atoms with Crippen LogP contribution >= 0.6 is 11.6 Å². The van der Waals surface area contributed by atoms with Gasteiger partial charge in [-0.05, 0) is 71.0 Å². The number of nitrogens with one attached hydrogen (secondary N) is 2. The molecule has 0 spiro atoms. The molecule has 0 aliphatic heterocycles. The number of amides is 2. The normalized spacial score (nSPS) is 11.9. The lowest BCUT2D eigenvalue weighted by Gasteiger charge is -2.18. The number of carbonyl (C=O) groups excluding carboxylic acids is 2. The molecule has 0 saturated carbocycles. The lowest BCUT2D eigenvalue weighted by molar-refractivity contribution is -0.123. The molecule has 1 aromatic heterocycles. The Labute approximate surface area is 211 Å². The second kappa shape index (κ2) is 11.4. The number of rotatable bonds is 8. The first kappa shape index (κ1) is 24.7. The van der Waals surface area contributed by atoms with Crippen LogP contribution in [0.3, 0.4) is 0 Å². The van der Waals surface area contributed by atoms with E-state index in [1.165, 1.54) is 35.3 Å². The molecule has 1 heterocycles. The molecule has 8 nitrogen and oxygen atoms in total. The van der Waals surface area contributed by atoms with Crippen molar-refractivity contribution in [2.45, 2.75) is 19.4 Å². The van der Waals surface area contributed by atoms with Gasteiger partial charge in [-0.1, -0.05) is 41.9 Å². The highest BCUT2D eigenvalue weighted by molar-refractivity contribution is 6.30.